The van der Waals surface area contributed by atoms with Crippen LogP contribution in [0.4, 0.5) is 0 Å². The number of nitrogens with two attached hydrogens (primary N) is 1. The predicted molar refractivity (Wildman–Crippen MR) is 112 cm³/mol. The van der Waals surface area contributed by atoms with Crippen molar-refractivity contribution in [3.05, 3.63) is 46.8 Å². The Hall–Kier alpha value is -1.20. The maximum absolute atomic E-state index is 9.28. The second-order valence-corrected chi connectivity index (χ2v) is 8.47. The molecule has 26 heavy (non-hydrogen) atoms. The summed E-state index contributed by atoms with van der Waals surface area (Å²) in [6.07, 6.45) is 9.14. The molecule has 1 aromatic heterocycles. The molecule has 144 valence electrons. The number of rotatable bonds is 12. The van der Waals surface area contributed by atoms with E-state index in [1.807, 2.05) is 11.3 Å². The van der Waals surface area contributed by atoms with E-state index in [-0.39, 0.29) is 13.2 Å². The van der Waals surface area contributed by atoms with Crippen LogP contribution in [0.2, 0.25) is 0 Å². The van der Waals surface area contributed by atoms with E-state index >= 15 is 0 Å². The molecule has 2 rings (SSSR count). The van der Waals surface area contributed by atoms with Gasteiger partial charge < -0.3 is 15.9 Å². The molecule has 0 atom stereocenters. The molecule has 0 spiro atoms. The highest BCUT2D eigenvalue weighted by molar-refractivity contribution is 7.15. The SMILES string of the molecule is CCCCCCCc1ccc(-c2ccc(CCC(N)(CO)CO)cc2)s1. The Balaban J connectivity index is 1.86. The fourth-order valence-corrected chi connectivity index (χ4v) is 4.06. The molecule has 4 heteroatoms. The van der Waals surface area contributed by atoms with Gasteiger partial charge in [0.05, 0.1) is 18.8 Å². The number of unbranched alkanes of at least 4 members (excludes halogenated alkanes) is 4. The Labute approximate surface area is 161 Å². The second kappa shape index (κ2) is 10.8. The van der Waals surface area contributed by atoms with E-state index in [0.717, 1.165) is 6.42 Å². The molecule has 0 aliphatic heterocycles. The highest BCUT2D eigenvalue weighted by atomic mass is 32.1. The second-order valence-electron chi connectivity index (χ2n) is 7.31. The lowest BCUT2D eigenvalue weighted by atomic mass is 9.93. The van der Waals surface area contributed by atoms with Crippen LogP contribution in [-0.2, 0) is 12.8 Å². The Bertz CT molecular complexity index is 632. The third kappa shape index (κ3) is 6.51. The van der Waals surface area contributed by atoms with Gasteiger partial charge in [-0.25, -0.2) is 0 Å². The number of aliphatic hydroxyl groups is 2. The first kappa shape index (κ1) is 21.1. The van der Waals surface area contributed by atoms with Gasteiger partial charge in [0.1, 0.15) is 0 Å². The van der Waals surface area contributed by atoms with Crippen molar-refractivity contribution in [1.29, 1.82) is 0 Å². The van der Waals surface area contributed by atoms with Crippen LogP contribution >= 0.6 is 11.3 Å². The fourth-order valence-electron chi connectivity index (χ4n) is 3.01. The van der Waals surface area contributed by atoms with Gasteiger partial charge in [-0.1, -0.05) is 56.9 Å². The van der Waals surface area contributed by atoms with E-state index in [4.69, 9.17) is 5.73 Å². The molecule has 0 aliphatic rings. The molecule has 0 radical (unpaired) electrons. The van der Waals surface area contributed by atoms with Gasteiger partial charge in [-0.3, -0.25) is 0 Å². The summed E-state index contributed by atoms with van der Waals surface area (Å²) in [5, 5.41) is 18.6. The Morgan fingerprint density at radius 1 is 0.885 bits per heavy atom. The monoisotopic (exact) mass is 375 g/mol. The van der Waals surface area contributed by atoms with Crippen LogP contribution in [-0.4, -0.2) is 29.0 Å². The van der Waals surface area contributed by atoms with Crippen molar-refractivity contribution in [2.75, 3.05) is 13.2 Å². The summed E-state index contributed by atoms with van der Waals surface area (Å²) in [5.41, 5.74) is 7.47. The van der Waals surface area contributed by atoms with Gasteiger partial charge in [0.2, 0.25) is 0 Å². The first-order chi connectivity index (χ1) is 12.6. The summed E-state index contributed by atoms with van der Waals surface area (Å²) in [6.45, 7) is 1.86. The molecule has 0 saturated carbocycles. The van der Waals surface area contributed by atoms with Crippen molar-refractivity contribution in [1.82, 2.24) is 0 Å². The molecule has 0 saturated heterocycles. The average Bonchev–Trinajstić information content (AvgIpc) is 3.15. The lowest BCUT2D eigenvalue weighted by molar-refractivity contribution is 0.115. The van der Waals surface area contributed by atoms with Crippen LogP contribution in [0.25, 0.3) is 10.4 Å². The van der Waals surface area contributed by atoms with Gasteiger partial charge >= 0.3 is 0 Å². The van der Waals surface area contributed by atoms with E-state index < -0.39 is 5.54 Å². The molecule has 0 aliphatic carbocycles. The number of benzene rings is 1. The molecule has 0 bridgehead atoms. The summed E-state index contributed by atoms with van der Waals surface area (Å²) in [7, 11) is 0. The minimum Gasteiger partial charge on any atom is -0.394 e. The Morgan fingerprint density at radius 2 is 1.58 bits per heavy atom. The van der Waals surface area contributed by atoms with Crippen LogP contribution in [0.1, 0.15) is 55.9 Å². The standard InChI is InChI=1S/C22H33NO2S/c1-2-3-4-5-6-7-20-12-13-21(26-20)19-10-8-18(9-11-19)14-15-22(23,16-24)17-25/h8-13,24-25H,2-7,14-17,23H2,1H3. The summed E-state index contributed by atoms with van der Waals surface area (Å²) in [6, 6.07) is 13.0. The smallest absolute Gasteiger partial charge is 0.0633 e. The van der Waals surface area contributed by atoms with Crippen molar-refractivity contribution in [3.8, 4) is 10.4 Å². The van der Waals surface area contributed by atoms with Crippen molar-refractivity contribution < 1.29 is 10.2 Å². The summed E-state index contributed by atoms with van der Waals surface area (Å²) < 4.78 is 0. The molecule has 0 fully saturated rings. The van der Waals surface area contributed by atoms with Crippen LogP contribution in [0.15, 0.2) is 36.4 Å². The molecular formula is C22H33NO2S. The van der Waals surface area contributed by atoms with Crippen LogP contribution in [0.3, 0.4) is 0 Å². The van der Waals surface area contributed by atoms with Gasteiger partial charge in [0.15, 0.2) is 0 Å². The Morgan fingerprint density at radius 3 is 2.23 bits per heavy atom. The van der Waals surface area contributed by atoms with Crippen molar-refractivity contribution in [3.63, 3.8) is 0 Å². The van der Waals surface area contributed by atoms with Gasteiger partial charge in [0.25, 0.3) is 0 Å². The highest BCUT2D eigenvalue weighted by Crippen LogP contribution is 2.29. The highest BCUT2D eigenvalue weighted by Gasteiger charge is 2.22. The van der Waals surface area contributed by atoms with Gasteiger partial charge in [-0.15, -0.1) is 11.3 Å². The number of aryl methyl sites for hydroxylation is 2. The van der Waals surface area contributed by atoms with Crippen molar-refractivity contribution in [2.45, 2.75) is 63.8 Å². The minimum atomic E-state index is -0.890. The van der Waals surface area contributed by atoms with Crippen LogP contribution < -0.4 is 5.73 Å². The van der Waals surface area contributed by atoms with Crippen LogP contribution in [0.5, 0.6) is 0 Å². The lowest BCUT2D eigenvalue weighted by Gasteiger charge is -2.24. The molecule has 1 heterocycles. The number of aliphatic hydroxyl groups excluding tert-OH is 2. The van der Waals surface area contributed by atoms with Gasteiger partial charge in [-0.2, -0.15) is 0 Å². The topological polar surface area (TPSA) is 66.5 Å². The van der Waals surface area contributed by atoms with E-state index in [0.29, 0.717) is 6.42 Å². The first-order valence-corrected chi connectivity index (χ1v) is 10.6. The van der Waals surface area contributed by atoms with E-state index in [2.05, 4.69) is 43.3 Å². The summed E-state index contributed by atoms with van der Waals surface area (Å²) >= 11 is 1.89. The molecule has 2 aromatic rings. The fraction of sp³-hybridized carbons (Fsp3) is 0.545. The molecule has 0 amide bonds. The Kier molecular flexibility index (Phi) is 8.79. The van der Waals surface area contributed by atoms with Gasteiger partial charge in [-0.05, 0) is 48.9 Å². The summed E-state index contributed by atoms with van der Waals surface area (Å²) in [5.74, 6) is 0. The zero-order valence-electron chi connectivity index (χ0n) is 15.9. The van der Waals surface area contributed by atoms with Crippen LogP contribution in [0, 0.1) is 0 Å². The summed E-state index contributed by atoms with van der Waals surface area (Å²) in [4.78, 5) is 2.79. The lowest BCUT2D eigenvalue weighted by Crippen LogP contribution is -2.47. The number of thiophene rings is 1. The average molecular weight is 376 g/mol. The zero-order valence-corrected chi connectivity index (χ0v) is 16.7. The quantitative estimate of drug-likeness (QED) is 0.477. The molecule has 1 aromatic carbocycles. The zero-order chi connectivity index (χ0) is 18.8. The normalized spacial score (nSPS) is 11.8. The van der Waals surface area contributed by atoms with E-state index in [1.54, 1.807) is 0 Å². The van der Waals surface area contributed by atoms with Gasteiger partial charge in [0, 0.05) is 9.75 Å². The molecule has 4 N–H and O–H groups in total. The number of hydrogen-bond donors (Lipinski definition) is 3. The van der Waals surface area contributed by atoms with E-state index in [9.17, 15) is 10.2 Å². The molecule has 0 unspecified atom stereocenters. The first-order valence-electron chi connectivity index (χ1n) is 9.79. The number of hydrogen-bond acceptors (Lipinski definition) is 4. The largest absolute Gasteiger partial charge is 0.394 e. The maximum atomic E-state index is 9.28. The van der Waals surface area contributed by atoms with Crippen molar-refractivity contribution >= 4 is 11.3 Å². The maximum Gasteiger partial charge on any atom is 0.0633 e. The predicted octanol–water partition coefficient (Wildman–Crippen LogP) is 4.54. The molecule has 3 nitrogen and oxygen atoms in total. The third-order valence-corrected chi connectivity index (χ3v) is 6.16. The molecular weight excluding hydrogens is 342 g/mol. The minimum absolute atomic E-state index is 0.196. The van der Waals surface area contributed by atoms with Crippen molar-refractivity contribution in [2.24, 2.45) is 5.73 Å². The van der Waals surface area contributed by atoms with E-state index in [1.165, 1.54) is 59.4 Å². The third-order valence-electron chi connectivity index (χ3n) is 4.97.